The van der Waals surface area contributed by atoms with Crippen molar-refractivity contribution < 1.29 is 8.78 Å². The molecule has 0 radical (unpaired) electrons. The van der Waals surface area contributed by atoms with Gasteiger partial charge in [0, 0.05) is 29.1 Å². The van der Waals surface area contributed by atoms with Crippen LogP contribution in [0.4, 0.5) is 8.78 Å². The first-order valence-corrected chi connectivity index (χ1v) is 10.3. The molecule has 2 heterocycles. The number of fused-ring (bicyclic) bond motifs is 3. The Balaban J connectivity index is 1.22. The third-order valence-corrected chi connectivity index (χ3v) is 7.20. The van der Waals surface area contributed by atoms with Crippen LogP contribution in [0.5, 0.6) is 0 Å². The van der Waals surface area contributed by atoms with Crippen molar-refractivity contribution in [1.29, 1.82) is 0 Å². The predicted octanol–water partition coefficient (Wildman–Crippen LogP) is 5.85. The Bertz CT molecular complexity index is 1250. The van der Waals surface area contributed by atoms with Crippen LogP contribution in [0, 0.1) is 29.4 Å². The Morgan fingerprint density at radius 2 is 1.86 bits per heavy atom. The molecule has 2 saturated carbocycles. The van der Waals surface area contributed by atoms with E-state index < -0.39 is 11.6 Å². The summed E-state index contributed by atoms with van der Waals surface area (Å²) >= 11 is 6.08. The molecule has 1 N–H and O–H groups in total. The molecular formula is C22H19ClF2N4. The summed E-state index contributed by atoms with van der Waals surface area (Å²) in [5.41, 5.74) is 3.10. The summed E-state index contributed by atoms with van der Waals surface area (Å²) in [6.45, 7) is 2.24. The first-order valence-electron chi connectivity index (χ1n) is 9.96. The summed E-state index contributed by atoms with van der Waals surface area (Å²) in [6, 6.07) is 8.46. The Kier molecular flexibility index (Phi) is 3.61. The SMILES string of the molecule is CC(c1nc2cc(Cl)ccc2[nH]1)[C@H]1[C@@H]2C[C@H](n3cnc4cc(F)c(F)cc43)C[C@@H]21. The van der Waals surface area contributed by atoms with E-state index in [1.165, 1.54) is 12.1 Å². The lowest BCUT2D eigenvalue weighted by molar-refractivity contribution is 0.406. The van der Waals surface area contributed by atoms with E-state index in [1.54, 1.807) is 6.33 Å². The highest BCUT2D eigenvalue weighted by Crippen LogP contribution is 2.65. The maximum absolute atomic E-state index is 13.7. The fraction of sp³-hybridized carbons (Fsp3) is 0.364. The molecule has 2 aromatic carbocycles. The highest BCUT2D eigenvalue weighted by molar-refractivity contribution is 6.31. The van der Waals surface area contributed by atoms with E-state index in [2.05, 4.69) is 16.9 Å². The number of rotatable bonds is 3. The van der Waals surface area contributed by atoms with Gasteiger partial charge >= 0.3 is 0 Å². The minimum absolute atomic E-state index is 0.290. The molecule has 4 nitrogen and oxygen atoms in total. The molecule has 2 aliphatic rings. The predicted molar refractivity (Wildman–Crippen MR) is 108 cm³/mol. The number of nitrogens with zero attached hydrogens (tertiary/aromatic N) is 3. The Hall–Kier alpha value is -2.47. The van der Waals surface area contributed by atoms with Crippen LogP contribution in [0.2, 0.25) is 5.02 Å². The summed E-state index contributed by atoms with van der Waals surface area (Å²) in [5.74, 6) is 1.57. The van der Waals surface area contributed by atoms with Crippen molar-refractivity contribution in [2.75, 3.05) is 0 Å². The highest BCUT2D eigenvalue weighted by atomic mass is 35.5. The number of aromatic amines is 1. The fourth-order valence-corrected chi connectivity index (χ4v) is 5.71. The van der Waals surface area contributed by atoms with Gasteiger partial charge in [0.1, 0.15) is 5.82 Å². The molecular weight excluding hydrogens is 394 g/mol. The van der Waals surface area contributed by atoms with Crippen molar-refractivity contribution in [2.24, 2.45) is 17.8 Å². The monoisotopic (exact) mass is 412 g/mol. The quantitative estimate of drug-likeness (QED) is 0.459. The number of aromatic nitrogens is 4. The van der Waals surface area contributed by atoms with Crippen LogP contribution in [-0.2, 0) is 0 Å². The lowest BCUT2D eigenvalue weighted by atomic mass is 9.96. The van der Waals surface area contributed by atoms with Gasteiger partial charge in [-0.05, 0) is 48.8 Å². The summed E-state index contributed by atoms with van der Waals surface area (Å²) in [4.78, 5) is 12.5. The van der Waals surface area contributed by atoms with Gasteiger partial charge in [0.2, 0.25) is 0 Å². The standard InChI is InChI=1S/C22H19ClF2N4/c1-10(22-27-17-3-2-11(23)4-18(17)28-22)21-13-5-12(6-14(13)21)29-9-26-19-7-15(24)16(25)8-20(19)29/h2-4,7-10,12-14,21H,5-6H2,1H3,(H,27,28)/t10?,12-,13+,14-,21-. The largest absolute Gasteiger partial charge is 0.342 e. The van der Waals surface area contributed by atoms with Crippen LogP contribution in [0.15, 0.2) is 36.7 Å². The second kappa shape index (κ2) is 6.02. The highest BCUT2D eigenvalue weighted by Gasteiger charge is 2.58. The first-order chi connectivity index (χ1) is 14.0. The summed E-state index contributed by atoms with van der Waals surface area (Å²) in [6.07, 6.45) is 3.80. The Labute approximate surface area is 170 Å². The molecule has 0 aliphatic heterocycles. The number of nitrogens with one attached hydrogen (secondary N) is 1. The summed E-state index contributed by atoms with van der Waals surface area (Å²) < 4.78 is 29.2. The third-order valence-electron chi connectivity index (χ3n) is 6.97. The van der Waals surface area contributed by atoms with Gasteiger partial charge in [0.15, 0.2) is 11.6 Å². The van der Waals surface area contributed by atoms with Gasteiger partial charge in [0.05, 0.1) is 28.4 Å². The molecule has 29 heavy (non-hydrogen) atoms. The average molecular weight is 413 g/mol. The second-order valence-electron chi connectivity index (χ2n) is 8.51. The van der Waals surface area contributed by atoms with Crippen LogP contribution in [0.25, 0.3) is 22.1 Å². The molecule has 6 rings (SSSR count). The van der Waals surface area contributed by atoms with Crippen molar-refractivity contribution in [3.8, 4) is 0 Å². The molecule has 0 spiro atoms. The van der Waals surface area contributed by atoms with Crippen molar-refractivity contribution >= 4 is 33.7 Å². The normalized spacial score (nSPS) is 26.9. The number of H-pyrrole nitrogens is 1. The van der Waals surface area contributed by atoms with Gasteiger partial charge in [-0.2, -0.15) is 0 Å². The van der Waals surface area contributed by atoms with Crippen LogP contribution in [-0.4, -0.2) is 19.5 Å². The minimum atomic E-state index is -0.849. The van der Waals surface area contributed by atoms with Gasteiger partial charge in [0.25, 0.3) is 0 Å². The number of hydrogen-bond donors (Lipinski definition) is 1. The molecule has 1 unspecified atom stereocenters. The Morgan fingerprint density at radius 3 is 2.66 bits per heavy atom. The smallest absolute Gasteiger partial charge is 0.161 e. The summed E-state index contributed by atoms with van der Waals surface area (Å²) in [7, 11) is 0. The average Bonchev–Trinajstić information content (AvgIpc) is 3.09. The molecule has 5 atom stereocenters. The van der Waals surface area contributed by atoms with Crippen LogP contribution >= 0.6 is 11.6 Å². The zero-order valence-corrected chi connectivity index (χ0v) is 16.5. The lowest BCUT2D eigenvalue weighted by Gasteiger charge is -2.19. The molecule has 2 aromatic heterocycles. The van der Waals surface area contributed by atoms with E-state index >= 15 is 0 Å². The van der Waals surface area contributed by atoms with Gasteiger partial charge in [-0.3, -0.25) is 0 Å². The third kappa shape index (κ3) is 2.61. The minimum Gasteiger partial charge on any atom is -0.342 e. The molecule has 2 aliphatic carbocycles. The van der Waals surface area contributed by atoms with E-state index in [9.17, 15) is 8.78 Å². The topological polar surface area (TPSA) is 46.5 Å². The van der Waals surface area contributed by atoms with Gasteiger partial charge in [-0.15, -0.1) is 0 Å². The van der Waals surface area contributed by atoms with Gasteiger partial charge in [-0.1, -0.05) is 18.5 Å². The van der Waals surface area contributed by atoms with Crippen LogP contribution < -0.4 is 0 Å². The van der Waals surface area contributed by atoms with Crippen molar-refractivity contribution in [1.82, 2.24) is 19.5 Å². The van der Waals surface area contributed by atoms with Crippen molar-refractivity contribution in [3.05, 3.63) is 59.1 Å². The maximum atomic E-state index is 13.7. The zero-order valence-electron chi connectivity index (χ0n) is 15.7. The van der Waals surface area contributed by atoms with Crippen LogP contribution in [0.3, 0.4) is 0 Å². The number of hydrogen-bond acceptors (Lipinski definition) is 2. The number of benzene rings is 2. The molecule has 4 aromatic rings. The molecule has 148 valence electrons. The molecule has 2 fully saturated rings. The van der Waals surface area contributed by atoms with E-state index in [0.717, 1.165) is 29.7 Å². The first kappa shape index (κ1) is 17.4. The molecule has 7 heteroatoms. The van der Waals surface area contributed by atoms with Gasteiger partial charge < -0.3 is 9.55 Å². The molecule has 0 bridgehead atoms. The second-order valence-corrected chi connectivity index (χ2v) is 8.95. The van der Waals surface area contributed by atoms with E-state index in [1.807, 2.05) is 22.8 Å². The molecule has 0 saturated heterocycles. The fourth-order valence-electron chi connectivity index (χ4n) is 5.54. The Morgan fingerprint density at radius 1 is 1.10 bits per heavy atom. The number of imidazole rings is 2. The number of halogens is 3. The van der Waals surface area contributed by atoms with E-state index in [-0.39, 0.29) is 6.04 Å². The van der Waals surface area contributed by atoms with Crippen molar-refractivity contribution in [2.45, 2.75) is 31.7 Å². The van der Waals surface area contributed by atoms with Crippen molar-refractivity contribution in [3.63, 3.8) is 0 Å². The lowest BCUT2D eigenvalue weighted by Crippen LogP contribution is -2.11. The van der Waals surface area contributed by atoms with Crippen LogP contribution in [0.1, 0.15) is 37.5 Å². The maximum Gasteiger partial charge on any atom is 0.161 e. The van der Waals surface area contributed by atoms with E-state index in [4.69, 9.17) is 16.6 Å². The molecule has 0 amide bonds. The van der Waals surface area contributed by atoms with E-state index in [0.29, 0.717) is 39.7 Å². The summed E-state index contributed by atoms with van der Waals surface area (Å²) in [5, 5.41) is 0.693. The van der Waals surface area contributed by atoms with Gasteiger partial charge in [-0.25, -0.2) is 18.7 Å². The zero-order chi connectivity index (χ0) is 19.9.